The lowest BCUT2D eigenvalue weighted by atomic mass is 10.1. The monoisotopic (exact) mass is 286 g/mol. The molecule has 5 heteroatoms. The number of aromatic nitrogens is 2. The minimum atomic E-state index is -0.0747. The summed E-state index contributed by atoms with van der Waals surface area (Å²) in [6.07, 6.45) is 0. The second-order valence-corrected chi connectivity index (χ2v) is 5.19. The summed E-state index contributed by atoms with van der Waals surface area (Å²) in [6, 6.07) is 10.1. The molecule has 2 rings (SSSR count). The summed E-state index contributed by atoms with van der Waals surface area (Å²) in [5.41, 5.74) is 3.21. The molecule has 0 bridgehead atoms. The standard InChI is InChI=1S/C16H22N4O/c1-11(17-4)10-18-16(21)15-12(2)19-20(13(15)3)14-8-6-5-7-9-14/h5-9,11,17H,10H2,1-4H3,(H,18,21). The van der Waals surface area contributed by atoms with E-state index in [-0.39, 0.29) is 11.9 Å². The Bertz CT molecular complexity index is 619. The van der Waals surface area contributed by atoms with Gasteiger partial charge >= 0.3 is 0 Å². The average Bonchev–Trinajstić information content (AvgIpc) is 2.80. The molecule has 0 fully saturated rings. The van der Waals surface area contributed by atoms with Crippen LogP contribution in [0.1, 0.15) is 28.7 Å². The number of para-hydroxylation sites is 1. The van der Waals surface area contributed by atoms with E-state index in [4.69, 9.17) is 0 Å². The van der Waals surface area contributed by atoms with Crippen LogP contribution in [-0.2, 0) is 0 Å². The van der Waals surface area contributed by atoms with Crippen LogP contribution in [0.4, 0.5) is 0 Å². The third kappa shape index (κ3) is 3.31. The van der Waals surface area contributed by atoms with Crippen molar-refractivity contribution in [3.63, 3.8) is 0 Å². The third-order valence-corrected chi connectivity index (χ3v) is 3.58. The first-order chi connectivity index (χ1) is 10.0. The van der Waals surface area contributed by atoms with E-state index >= 15 is 0 Å². The lowest BCUT2D eigenvalue weighted by molar-refractivity contribution is 0.0949. The molecule has 0 aliphatic heterocycles. The molecule has 1 aromatic carbocycles. The molecule has 5 nitrogen and oxygen atoms in total. The van der Waals surface area contributed by atoms with Crippen LogP contribution in [0.2, 0.25) is 0 Å². The number of hydrogen-bond acceptors (Lipinski definition) is 3. The van der Waals surface area contributed by atoms with Crippen LogP contribution in [-0.4, -0.2) is 35.3 Å². The highest BCUT2D eigenvalue weighted by molar-refractivity contribution is 5.96. The van der Waals surface area contributed by atoms with Gasteiger partial charge in [-0.15, -0.1) is 0 Å². The van der Waals surface area contributed by atoms with Gasteiger partial charge in [0.25, 0.3) is 5.91 Å². The van der Waals surface area contributed by atoms with Gasteiger partial charge in [0.05, 0.1) is 22.6 Å². The van der Waals surface area contributed by atoms with E-state index < -0.39 is 0 Å². The van der Waals surface area contributed by atoms with Crippen molar-refractivity contribution in [2.75, 3.05) is 13.6 Å². The fraction of sp³-hybridized carbons (Fsp3) is 0.375. The SMILES string of the molecule is CNC(C)CNC(=O)c1c(C)nn(-c2ccccc2)c1C. The molecule has 0 spiro atoms. The van der Waals surface area contributed by atoms with Crippen LogP contribution in [0.25, 0.3) is 5.69 Å². The molecule has 0 aliphatic rings. The molecule has 1 aromatic heterocycles. The molecule has 1 amide bonds. The van der Waals surface area contributed by atoms with Gasteiger partial charge in [-0.3, -0.25) is 4.79 Å². The minimum Gasteiger partial charge on any atom is -0.350 e. The number of nitrogens with zero attached hydrogens (tertiary/aromatic N) is 2. The molecular weight excluding hydrogens is 264 g/mol. The summed E-state index contributed by atoms with van der Waals surface area (Å²) < 4.78 is 1.81. The Morgan fingerprint density at radius 3 is 2.57 bits per heavy atom. The Labute approximate surface area is 125 Å². The smallest absolute Gasteiger partial charge is 0.255 e. The number of amides is 1. The molecule has 0 aliphatic carbocycles. The maximum Gasteiger partial charge on any atom is 0.255 e. The first kappa shape index (κ1) is 15.3. The van der Waals surface area contributed by atoms with E-state index in [0.717, 1.165) is 17.1 Å². The fourth-order valence-corrected chi connectivity index (χ4v) is 2.23. The number of hydrogen-bond donors (Lipinski definition) is 2. The Morgan fingerprint density at radius 2 is 1.95 bits per heavy atom. The summed E-state index contributed by atoms with van der Waals surface area (Å²) in [7, 11) is 1.88. The predicted molar refractivity (Wildman–Crippen MR) is 83.9 cm³/mol. The molecule has 2 aromatic rings. The predicted octanol–water partition coefficient (Wildman–Crippen LogP) is 1.83. The van der Waals surface area contributed by atoms with Gasteiger partial charge < -0.3 is 10.6 Å². The number of carbonyl (C=O) groups excluding carboxylic acids is 1. The van der Waals surface area contributed by atoms with Crippen LogP contribution in [0.15, 0.2) is 30.3 Å². The Hall–Kier alpha value is -2.14. The zero-order valence-electron chi connectivity index (χ0n) is 13.0. The van der Waals surface area contributed by atoms with Crippen molar-refractivity contribution >= 4 is 5.91 Å². The highest BCUT2D eigenvalue weighted by atomic mass is 16.1. The van der Waals surface area contributed by atoms with Crippen LogP contribution >= 0.6 is 0 Å². The molecule has 1 atom stereocenters. The first-order valence-electron chi connectivity index (χ1n) is 7.11. The van der Waals surface area contributed by atoms with E-state index in [1.165, 1.54) is 0 Å². The van der Waals surface area contributed by atoms with Crippen LogP contribution in [0, 0.1) is 13.8 Å². The normalized spacial score (nSPS) is 12.2. The van der Waals surface area contributed by atoms with Crippen LogP contribution in [0.5, 0.6) is 0 Å². The van der Waals surface area contributed by atoms with Gasteiger partial charge in [-0.25, -0.2) is 4.68 Å². The topological polar surface area (TPSA) is 58.9 Å². The van der Waals surface area contributed by atoms with Crippen molar-refractivity contribution in [1.82, 2.24) is 20.4 Å². The molecule has 0 radical (unpaired) electrons. The van der Waals surface area contributed by atoms with Crippen molar-refractivity contribution in [2.45, 2.75) is 26.8 Å². The third-order valence-electron chi connectivity index (χ3n) is 3.58. The summed E-state index contributed by atoms with van der Waals surface area (Å²) in [5.74, 6) is -0.0747. The second kappa shape index (κ2) is 6.54. The molecular formula is C16H22N4O. The van der Waals surface area contributed by atoms with E-state index in [0.29, 0.717) is 12.1 Å². The van der Waals surface area contributed by atoms with Crippen LogP contribution < -0.4 is 10.6 Å². The van der Waals surface area contributed by atoms with Gasteiger partial charge in [0, 0.05) is 12.6 Å². The molecule has 0 saturated carbocycles. The number of nitrogens with one attached hydrogen (secondary N) is 2. The van der Waals surface area contributed by atoms with Crippen molar-refractivity contribution in [3.8, 4) is 5.69 Å². The van der Waals surface area contributed by atoms with Gasteiger partial charge in [-0.2, -0.15) is 5.10 Å². The Kier molecular flexibility index (Phi) is 4.75. The van der Waals surface area contributed by atoms with Crippen molar-refractivity contribution < 1.29 is 4.79 Å². The highest BCUT2D eigenvalue weighted by Crippen LogP contribution is 2.17. The number of likely N-dealkylation sites (N-methyl/N-ethyl adjacent to an activating group) is 1. The Balaban J connectivity index is 2.25. The van der Waals surface area contributed by atoms with Gasteiger partial charge in [-0.05, 0) is 40.0 Å². The zero-order chi connectivity index (χ0) is 15.4. The maximum atomic E-state index is 12.4. The fourth-order valence-electron chi connectivity index (χ4n) is 2.23. The van der Waals surface area contributed by atoms with E-state index in [2.05, 4.69) is 15.7 Å². The molecule has 21 heavy (non-hydrogen) atoms. The Morgan fingerprint density at radius 1 is 1.29 bits per heavy atom. The summed E-state index contributed by atoms with van der Waals surface area (Å²) in [5, 5.41) is 10.5. The highest BCUT2D eigenvalue weighted by Gasteiger charge is 2.19. The lowest BCUT2D eigenvalue weighted by Crippen LogP contribution is -2.37. The number of carbonyl (C=O) groups is 1. The second-order valence-electron chi connectivity index (χ2n) is 5.19. The molecule has 1 unspecified atom stereocenters. The zero-order valence-corrected chi connectivity index (χ0v) is 13.0. The van der Waals surface area contributed by atoms with E-state index in [1.807, 2.05) is 62.8 Å². The molecule has 2 N–H and O–H groups in total. The van der Waals surface area contributed by atoms with Gasteiger partial charge in [0.1, 0.15) is 0 Å². The average molecular weight is 286 g/mol. The quantitative estimate of drug-likeness (QED) is 0.881. The summed E-state index contributed by atoms with van der Waals surface area (Å²) in [4.78, 5) is 12.4. The number of aryl methyl sites for hydroxylation is 1. The number of benzene rings is 1. The summed E-state index contributed by atoms with van der Waals surface area (Å²) >= 11 is 0. The molecule has 0 saturated heterocycles. The largest absolute Gasteiger partial charge is 0.350 e. The maximum absolute atomic E-state index is 12.4. The van der Waals surface area contributed by atoms with Crippen molar-refractivity contribution in [2.24, 2.45) is 0 Å². The van der Waals surface area contributed by atoms with Gasteiger partial charge in [-0.1, -0.05) is 18.2 Å². The molecule has 1 heterocycles. The van der Waals surface area contributed by atoms with Crippen molar-refractivity contribution in [3.05, 3.63) is 47.3 Å². The van der Waals surface area contributed by atoms with Crippen LogP contribution in [0.3, 0.4) is 0 Å². The van der Waals surface area contributed by atoms with E-state index in [1.54, 1.807) is 0 Å². The molecule has 112 valence electrons. The van der Waals surface area contributed by atoms with E-state index in [9.17, 15) is 4.79 Å². The minimum absolute atomic E-state index is 0.0747. The van der Waals surface area contributed by atoms with Crippen molar-refractivity contribution in [1.29, 1.82) is 0 Å². The summed E-state index contributed by atoms with van der Waals surface area (Å²) in [6.45, 7) is 6.39. The van der Waals surface area contributed by atoms with Gasteiger partial charge in [0.2, 0.25) is 0 Å². The van der Waals surface area contributed by atoms with Gasteiger partial charge in [0.15, 0.2) is 0 Å². The first-order valence-corrected chi connectivity index (χ1v) is 7.11. The lowest BCUT2D eigenvalue weighted by Gasteiger charge is -2.11. The number of rotatable bonds is 5.